The van der Waals surface area contributed by atoms with Crippen molar-refractivity contribution in [2.45, 2.75) is 12.2 Å². The zero-order chi connectivity index (χ0) is 19.3. The first kappa shape index (κ1) is 18.4. The van der Waals surface area contributed by atoms with Crippen LogP contribution in [0.15, 0.2) is 73.2 Å². The van der Waals surface area contributed by atoms with Gasteiger partial charge in [-0.05, 0) is 42.0 Å². The van der Waals surface area contributed by atoms with Crippen LogP contribution in [0.4, 0.5) is 23.7 Å². The lowest BCUT2D eigenvalue weighted by Gasteiger charge is -2.20. The molecule has 0 aliphatic carbocycles. The molecule has 2 amide bonds. The Hall–Kier alpha value is -3.42. The number of urea groups is 1. The SMILES string of the molecule is O=C(Nc1cccnc1)NC(c1ccc(C(F)(F)F)cc1)c1ccccn1. The molecular weight excluding hydrogens is 357 g/mol. The highest BCUT2D eigenvalue weighted by atomic mass is 19.4. The summed E-state index contributed by atoms with van der Waals surface area (Å²) in [5, 5.41) is 5.36. The van der Waals surface area contributed by atoms with Crippen LogP contribution >= 0.6 is 0 Å². The fourth-order valence-electron chi connectivity index (χ4n) is 2.47. The van der Waals surface area contributed by atoms with Gasteiger partial charge in [-0.1, -0.05) is 18.2 Å². The summed E-state index contributed by atoms with van der Waals surface area (Å²) in [4.78, 5) is 20.5. The monoisotopic (exact) mass is 372 g/mol. The standard InChI is InChI=1S/C19H15F3N4O/c20-19(21,22)14-8-6-13(7-9-14)17(16-5-1-2-11-24-16)26-18(27)25-15-4-3-10-23-12-15/h1-12,17H,(H2,25,26,27). The number of hydrogen-bond donors (Lipinski definition) is 2. The van der Waals surface area contributed by atoms with Crippen LogP contribution in [0.3, 0.4) is 0 Å². The van der Waals surface area contributed by atoms with Gasteiger partial charge < -0.3 is 10.6 Å². The molecule has 0 radical (unpaired) electrons. The van der Waals surface area contributed by atoms with Gasteiger partial charge in [0.1, 0.15) is 0 Å². The van der Waals surface area contributed by atoms with Crippen molar-refractivity contribution in [2.75, 3.05) is 5.32 Å². The Bertz CT molecular complexity index is 884. The average Bonchev–Trinajstić information content (AvgIpc) is 2.67. The van der Waals surface area contributed by atoms with Crippen molar-refractivity contribution in [2.24, 2.45) is 0 Å². The van der Waals surface area contributed by atoms with E-state index in [2.05, 4.69) is 20.6 Å². The first-order valence-corrected chi connectivity index (χ1v) is 7.99. The number of hydrogen-bond acceptors (Lipinski definition) is 3. The zero-order valence-electron chi connectivity index (χ0n) is 13.9. The fraction of sp³-hybridized carbons (Fsp3) is 0.105. The molecule has 3 rings (SSSR count). The minimum Gasteiger partial charge on any atom is -0.325 e. The minimum absolute atomic E-state index is 0.475. The largest absolute Gasteiger partial charge is 0.416 e. The summed E-state index contributed by atoms with van der Waals surface area (Å²) < 4.78 is 38.4. The molecule has 2 aromatic heterocycles. The molecule has 27 heavy (non-hydrogen) atoms. The van der Waals surface area contributed by atoms with Crippen molar-refractivity contribution < 1.29 is 18.0 Å². The minimum atomic E-state index is -4.43. The summed E-state index contributed by atoms with van der Waals surface area (Å²) in [7, 11) is 0. The van der Waals surface area contributed by atoms with Gasteiger partial charge in [0.15, 0.2) is 0 Å². The van der Waals surface area contributed by atoms with Crippen LogP contribution in [0.1, 0.15) is 22.9 Å². The summed E-state index contributed by atoms with van der Waals surface area (Å²) in [6.45, 7) is 0. The number of amides is 2. The average molecular weight is 372 g/mol. The second-order valence-electron chi connectivity index (χ2n) is 5.65. The van der Waals surface area contributed by atoms with Crippen molar-refractivity contribution in [3.8, 4) is 0 Å². The third kappa shape index (κ3) is 4.81. The zero-order valence-corrected chi connectivity index (χ0v) is 13.9. The van der Waals surface area contributed by atoms with Gasteiger partial charge in [0.05, 0.1) is 29.2 Å². The highest BCUT2D eigenvalue weighted by molar-refractivity contribution is 5.89. The van der Waals surface area contributed by atoms with E-state index in [0.717, 1.165) is 12.1 Å². The molecule has 0 aliphatic heterocycles. The maximum absolute atomic E-state index is 12.8. The molecular formula is C19H15F3N4O. The summed E-state index contributed by atoms with van der Waals surface area (Å²) >= 11 is 0. The second-order valence-corrected chi connectivity index (χ2v) is 5.65. The second kappa shape index (κ2) is 7.86. The predicted molar refractivity (Wildman–Crippen MR) is 93.9 cm³/mol. The van der Waals surface area contributed by atoms with E-state index in [-0.39, 0.29) is 0 Å². The van der Waals surface area contributed by atoms with E-state index in [0.29, 0.717) is 16.9 Å². The molecule has 0 bridgehead atoms. The maximum Gasteiger partial charge on any atom is 0.416 e. The third-order valence-electron chi connectivity index (χ3n) is 3.75. The Labute approximate surface area is 153 Å². The van der Waals surface area contributed by atoms with E-state index in [1.807, 2.05) is 0 Å². The Balaban J connectivity index is 1.84. The summed E-state index contributed by atoms with van der Waals surface area (Å²) in [5.41, 5.74) is 0.703. The number of benzene rings is 1. The van der Waals surface area contributed by atoms with Crippen LogP contribution in [-0.4, -0.2) is 16.0 Å². The van der Waals surface area contributed by atoms with Crippen molar-refractivity contribution in [3.63, 3.8) is 0 Å². The van der Waals surface area contributed by atoms with Gasteiger partial charge in [0.25, 0.3) is 0 Å². The molecule has 2 N–H and O–H groups in total. The number of rotatable bonds is 4. The van der Waals surface area contributed by atoms with Gasteiger partial charge >= 0.3 is 12.2 Å². The quantitative estimate of drug-likeness (QED) is 0.713. The molecule has 0 saturated heterocycles. The van der Waals surface area contributed by atoms with E-state index in [1.54, 1.807) is 42.7 Å². The molecule has 1 atom stereocenters. The number of carbonyl (C=O) groups is 1. The van der Waals surface area contributed by atoms with Crippen LogP contribution in [0.25, 0.3) is 0 Å². The molecule has 3 aromatic rings. The number of halogens is 3. The summed E-state index contributed by atoms with van der Waals surface area (Å²) in [5.74, 6) is 0. The third-order valence-corrected chi connectivity index (χ3v) is 3.75. The van der Waals surface area contributed by atoms with Gasteiger partial charge in [0, 0.05) is 12.4 Å². The lowest BCUT2D eigenvalue weighted by Crippen LogP contribution is -2.33. The topological polar surface area (TPSA) is 66.9 Å². The van der Waals surface area contributed by atoms with Crippen LogP contribution in [-0.2, 0) is 6.18 Å². The number of nitrogens with zero attached hydrogens (tertiary/aromatic N) is 2. The maximum atomic E-state index is 12.8. The molecule has 5 nitrogen and oxygen atoms in total. The number of carbonyl (C=O) groups excluding carboxylic acids is 1. The van der Waals surface area contributed by atoms with E-state index >= 15 is 0 Å². The Kier molecular flexibility index (Phi) is 5.35. The fourth-order valence-corrected chi connectivity index (χ4v) is 2.47. The number of nitrogens with one attached hydrogen (secondary N) is 2. The molecule has 2 heterocycles. The van der Waals surface area contributed by atoms with Crippen molar-refractivity contribution in [1.82, 2.24) is 15.3 Å². The molecule has 8 heteroatoms. The molecule has 0 aliphatic rings. The lowest BCUT2D eigenvalue weighted by atomic mass is 10.0. The van der Waals surface area contributed by atoms with Crippen LogP contribution in [0, 0.1) is 0 Å². The summed E-state index contributed by atoms with van der Waals surface area (Å²) in [6.07, 6.45) is 0.173. The lowest BCUT2D eigenvalue weighted by molar-refractivity contribution is -0.137. The Morgan fingerprint density at radius 3 is 2.33 bits per heavy atom. The van der Waals surface area contributed by atoms with Gasteiger partial charge in [-0.2, -0.15) is 13.2 Å². The van der Waals surface area contributed by atoms with Gasteiger partial charge in [0.2, 0.25) is 0 Å². The van der Waals surface area contributed by atoms with E-state index in [9.17, 15) is 18.0 Å². The van der Waals surface area contributed by atoms with Crippen molar-refractivity contribution in [1.29, 1.82) is 0 Å². The summed E-state index contributed by atoms with van der Waals surface area (Å²) in [6, 6.07) is 11.8. The molecule has 0 fully saturated rings. The van der Waals surface area contributed by atoms with Gasteiger partial charge in [-0.15, -0.1) is 0 Å². The van der Waals surface area contributed by atoms with E-state index in [1.165, 1.54) is 18.3 Å². The molecule has 0 spiro atoms. The molecule has 1 aromatic carbocycles. The predicted octanol–water partition coefficient (Wildman–Crippen LogP) is 4.41. The first-order valence-electron chi connectivity index (χ1n) is 7.99. The number of pyridine rings is 2. The van der Waals surface area contributed by atoms with Crippen LogP contribution < -0.4 is 10.6 Å². The Morgan fingerprint density at radius 1 is 0.963 bits per heavy atom. The van der Waals surface area contributed by atoms with Crippen molar-refractivity contribution in [3.05, 3.63) is 90.0 Å². The smallest absolute Gasteiger partial charge is 0.325 e. The molecule has 1 unspecified atom stereocenters. The molecule has 0 saturated carbocycles. The van der Waals surface area contributed by atoms with Crippen LogP contribution in [0.2, 0.25) is 0 Å². The highest BCUT2D eigenvalue weighted by Crippen LogP contribution is 2.30. The van der Waals surface area contributed by atoms with Crippen LogP contribution in [0.5, 0.6) is 0 Å². The number of aromatic nitrogens is 2. The number of alkyl halides is 3. The first-order chi connectivity index (χ1) is 12.9. The molecule has 138 valence electrons. The number of anilines is 1. The Morgan fingerprint density at radius 2 is 1.74 bits per heavy atom. The van der Waals surface area contributed by atoms with E-state index < -0.39 is 23.8 Å². The van der Waals surface area contributed by atoms with E-state index in [4.69, 9.17) is 0 Å². The van der Waals surface area contributed by atoms with Gasteiger partial charge in [-0.3, -0.25) is 9.97 Å². The normalized spacial score (nSPS) is 12.3. The van der Waals surface area contributed by atoms with Gasteiger partial charge in [-0.25, -0.2) is 4.79 Å². The van der Waals surface area contributed by atoms with Crippen molar-refractivity contribution >= 4 is 11.7 Å². The highest BCUT2D eigenvalue weighted by Gasteiger charge is 2.30.